The number of thioether (sulfide) groups is 1. The summed E-state index contributed by atoms with van der Waals surface area (Å²) in [6.07, 6.45) is 0.659. The Hall–Kier alpha value is -2.39. The minimum atomic E-state index is -0.318. The first-order valence-electron chi connectivity index (χ1n) is 8.80. The zero-order chi connectivity index (χ0) is 20.3. The van der Waals surface area contributed by atoms with Crippen LogP contribution in [-0.2, 0) is 18.3 Å². The molecule has 2 aromatic heterocycles. The lowest BCUT2D eigenvalue weighted by Gasteiger charge is -2.10. The van der Waals surface area contributed by atoms with E-state index in [1.54, 1.807) is 7.11 Å². The number of nitrogens with zero attached hydrogens (tertiary/aromatic N) is 4. The molecular weight excluding hydrogens is 394 g/mol. The van der Waals surface area contributed by atoms with Crippen molar-refractivity contribution in [2.45, 2.75) is 37.6 Å². The molecule has 0 spiro atoms. The maximum absolute atomic E-state index is 12.5. The summed E-state index contributed by atoms with van der Waals surface area (Å²) in [5.74, 6) is 1.56. The summed E-state index contributed by atoms with van der Waals surface area (Å²) in [6.45, 7) is 5.78. The molecule has 0 unspecified atom stereocenters. The van der Waals surface area contributed by atoms with Crippen LogP contribution in [0.15, 0.2) is 29.4 Å². The van der Waals surface area contributed by atoms with Crippen molar-refractivity contribution in [2.75, 3.05) is 12.4 Å². The van der Waals surface area contributed by atoms with Crippen molar-refractivity contribution in [2.24, 2.45) is 7.05 Å². The van der Waals surface area contributed by atoms with Crippen molar-refractivity contribution < 1.29 is 9.53 Å². The van der Waals surface area contributed by atoms with Gasteiger partial charge in [-0.1, -0.05) is 23.9 Å². The Morgan fingerprint density at radius 3 is 2.61 bits per heavy atom. The zero-order valence-electron chi connectivity index (χ0n) is 16.5. The molecule has 0 saturated carbocycles. The number of carbonyl (C=O) groups excluding carboxylic acids is 1. The molecule has 28 heavy (non-hydrogen) atoms. The number of nitrogens with one attached hydrogen (secondary N) is 1. The summed E-state index contributed by atoms with van der Waals surface area (Å²) in [5.41, 5.74) is 2.06. The fourth-order valence-electron chi connectivity index (χ4n) is 2.47. The minimum absolute atomic E-state index is 0.0987. The van der Waals surface area contributed by atoms with E-state index in [-0.39, 0.29) is 11.2 Å². The lowest BCUT2D eigenvalue weighted by molar-refractivity contribution is -0.115. The third-order valence-electron chi connectivity index (χ3n) is 4.36. The molecule has 0 bridgehead atoms. The monoisotopic (exact) mass is 417 g/mol. The molecule has 0 aliphatic carbocycles. The van der Waals surface area contributed by atoms with Crippen LogP contribution in [0.1, 0.15) is 28.9 Å². The molecule has 0 saturated heterocycles. The predicted molar refractivity (Wildman–Crippen MR) is 112 cm³/mol. The second kappa shape index (κ2) is 8.74. The largest absolute Gasteiger partial charge is 0.497 e. The van der Waals surface area contributed by atoms with Gasteiger partial charge in [-0.25, -0.2) is 4.98 Å². The van der Waals surface area contributed by atoms with Gasteiger partial charge in [0, 0.05) is 18.3 Å². The van der Waals surface area contributed by atoms with Gasteiger partial charge in [0.1, 0.15) is 11.6 Å². The number of hydrogen-bond donors (Lipinski definition) is 1. The molecule has 3 aromatic rings. The molecule has 0 fully saturated rings. The molecule has 0 aliphatic heterocycles. The normalized spacial score (nSPS) is 12.0. The smallest absolute Gasteiger partial charge is 0.239 e. The van der Waals surface area contributed by atoms with E-state index in [4.69, 9.17) is 4.74 Å². The summed E-state index contributed by atoms with van der Waals surface area (Å²) in [6, 6.07) is 7.87. The molecule has 2 heterocycles. The van der Waals surface area contributed by atoms with Crippen LogP contribution in [0.25, 0.3) is 0 Å². The fraction of sp³-hybridized carbons (Fsp3) is 0.368. The molecule has 148 valence electrons. The first kappa shape index (κ1) is 20.3. The van der Waals surface area contributed by atoms with Gasteiger partial charge < -0.3 is 14.6 Å². The third-order valence-corrected chi connectivity index (χ3v) is 6.48. The average Bonchev–Trinajstić information content (AvgIpc) is 3.18. The average molecular weight is 418 g/mol. The van der Waals surface area contributed by atoms with Gasteiger partial charge in [0.05, 0.1) is 18.1 Å². The molecule has 7 nitrogen and oxygen atoms in total. The Labute approximate surface area is 172 Å². The molecule has 9 heteroatoms. The van der Waals surface area contributed by atoms with E-state index < -0.39 is 0 Å². The van der Waals surface area contributed by atoms with Crippen LogP contribution in [0, 0.1) is 13.8 Å². The maximum Gasteiger partial charge on any atom is 0.239 e. The number of rotatable bonds is 7. The molecule has 1 atom stereocenters. The lowest BCUT2D eigenvalue weighted by atomic mass is 10.1. The SMILES string of the molecule is COc1ccc(Cc2nnc(S[C@H](C)C(=O)Nc3nc(C)c(C)s3)n2C)cc1. The first-order valence-corrected chi connectivity index (χ1v) is 10.5. The van der Waals surface area contributed by atoms with Gasteiger partial charge in [-0.15, -0.1) is 21.5 Å². The second-order valence-corrected chi connectivity index (χ2v) is 8.90. The highest BCUT2D eigenvalue weighted by molar-refractivity contribution is 8.00. The Kier molecular flexibility index (Phi) is 6.35. The molecule has 0 aliphatic rings. The number of benzene rings is 1. The van der Waals surface area contributed by atoms with E-state index in [1.807, 2.05) is 56.7 Å². The van der Waals surface area contributed by atoms with Crippen LogP contribution >= 0.6 is 23.1 Å². The van der Waals surface area contributed by atoms with Gasteiger partial charge in [0.2, 0.25) is 5.91 Å². The number of hydrogen-bond acceptors (Lipinski definition) is 7. The minimum Gasteiger partial charge on any atom is -0.497 e. The lowest BCUT2D eigenvalue weighted by Crippen LogP contribution is -2.22. The van der Waals surface area contributed by atoms with E-state index in [2.05, 4.69) is 20.5 Å². The van der Waals surface area contributed by atoms with Crippen LogP contribution in [0.4, 0.5) is 5.13 Å². The second-order valence-electron chi connectivity index (χ2n) is 6.39. The Morgan fingerprint density at radius 1 is 1.29 bits per heavy atom. The number of methoxy groups -OCH3 is 1. The highest BCUT2D eigenvalue weighted by Crippen LogP contribution is 2.26. The number of anilines is 1. The van der Waals surface area contributed by atoms with Gasteiger partial charge in [-0.2, -0.15) is 0 Å². The van der Waals surface area contributed by atoms with Crippen molar-refractivity contribution in [3.05, 3.63) is 46.2 Å². The van der Waals surface area contributed by atoms with Crippen molar-refractivity contribution in [3.8, 4) is 5.75 Å². The fourth-order valence-corrected chi connectivity index (χ4v) is 4.12. The van der Waals surface area contributed by atoms with Crippen LogP contribution in [0.5, 0.6) is 5.75 Å². The molecule has 1 amide bonds. The van der Waals surface area contributed by atoms with E-state index in [1.165, 1.54) is 23.1 Å². The molecule has 3 rings (SSSR count). The van der Waals surface area contributed by atoms with E-state index in [0.29, 0.717) is 16.7 Å². The predicted octanol–water partition coefficient (Wildman–Crippen LogP) is 3.61. The Bertz CT molecular complexity index is 946. The quantitative estimate of drug-likeness (QED) is 0.592. The summed E-state index contributed by atoms with van der Waals surface area (Å²) in [7, 11) is 3.56. The van der Waals surface area contributed by atoms with Crippen LogP contribution in [0.2, 0.25) is 0 Å². The topological polar surface area (TPSA) is 81.9 Å². The highest BCUT2D eigenvalue weighted by atomic mass is 32.2. The number of amides is 1. The van der Waals surface area contributed by atoms with Crippen molar-refractivity contribution in [1.82, 2.24) is 19.7 Å². The van der Waals surface area contributed by atoms with Crippen LogP contribution in [0.3, 0.4) is 0 Å². The standard InChI is InChI=1S/C19H23N5O2S2/c1-11-12(2)27-18(20-11)21-17(25)13(3)28-19-23-22-16(24(19)4)10-14-6-8-15(26-5)9-7-14/h6-9,13H,10H2,1-5H3,(H,20,21,25)/t13-/m1/s1. The third kappa shape index (κ3) is 4.71. The molecular formula is C19H23N5O2S2. The van der Waals surface area contributed by atoms with Crippen molar-refractivity contribution in [1.29, 1.82) is 0 Å². The van der Waals surface area contributed by atoms with Crippen LogP contribution in [-0.4, -0.2) is 38.0 Å². The summed E-state index contributed by atoms with van der Waals surface area (Å²) in [4.78, 5) is 17.9. The highest BCUT2D eigenvalue weighted by Gasteiger charge is 2.20. The van der Waals surface area contributed by atoms with E-state index in [0.717, 1.165) is 27.7 Å². The number of aryl methyl sites for hydroxylation is 2. The van der Waals surface area contributed by atoms with Gasteiger partial charge in [-0.05, 0) is 38.5 Å². The summed E-state index contributed by atoms with van der Waals surface area (Å²) in [5, 5.41) is 12.4. The Balaban J connectivity index is 1.63. The maximum atomic E-state index is 12.5. The summed E-state index contributed by atoms with van der Waals surface area (Å²) >= 11 is 2.86. The molecule has 0 radical (unpaired) electrons. The van der Waals surface area contributed by atoms with Crippen molar-refractivity contribution in [3.63, 3.8) is 0 Å². The van der Waals surface area contributed by atoms with Crippen LogP contribution < -0.4 is 10.1 Å². The number of aromatic nitrogens is 4. The van der Waals surface area contributed by atoms with Crippen molar-refractivity contribution >= 4 is 34.1 Å². The Morgan fingerprint density at radius 2 is 2.00 bits per heavy atom. The number of thiazole rings is 1. The van der Waals surface area contributed by atoms with Gasteiger partial charge in [0.25, 0.3) is 0 Å². The first-order chi connectivity index (χ1) is 13.4. The zero-order valence-corrected chi connectivity index (χ0v) is 18.1. The van der Waals surface area contributed by atoms with E-state index in [9.17, 15) is 4.79 Å². The van der Waals surface area contributed by atoms with E-state index >= 15 is 0 Å². The summed E-state index contributed by atoms with van der Waals surface area (Å²) < 4.78 is 7.11. The van der Waals surface area contributed by atoms with Gasteiger partial charge in [-0.3, -0.25) is 4.79 Å². The van der Waals surface area contributed by atoms with Gasteiger partial charge >= 0.3 is 0 Å². The molecule has 1 N–H and O–H groups in total. The number of ether oxygens (including phenoxy) is 1. The molecule has 1 aromatic carbocycles. The number of carbonyl (C=O) groups is 1. The van der Waals surface area contributed by atoms with Gasteiger partial charge in [0.15, 0.2) is 10.3 Å².